The molecule has 1 aromatic heterocycles. The first-order chi connectivity index (χ1) is 10.7. The maximum atomic E-state index is 13.0. The van der Waals surface area contributed by atoms with Gasteiger partial charge in [0.05, 0.1) is 6.33 Å². The number of carbonyl (C=O) groups excluding carboxylic acids is 1. The maximum Gasteiger partial charge on any atom is 0.158 e. The van der Waals surface area contributed by atoms with Crippen molar-refractivity contribution in [2.75, 3.05) is 6.54 Å². The third-order valence-electron chi connectivity index (χ3n) is 3.89. The zero-order chi connectivity index (χ0) is 15.4. The van der Waals surface area contributed by atoms with Gasteiger partial charge in [0.1, 0.15) is 5.82 Å². The van der Waals surface area contributed by atoms with E-state index in [1.54, 1.807) is 30.7 Å². The second kappa shape index (κ2) is 6.56. The van der Waals surface area contributed by atoms with E-state index in [0.29, 0.717) is 6.42 Å². The molecule has 0 bridgehead atoms. The Labute approximate surface area is 128 Å². The molecule has 1 aliphatic carbocycles. The highest BCUT2D eigenvalue weighted by molar-refractivity contribution is 5.91. The standard InChI is InChI=1S/C17H18FN3O/c18-14-3-1-12(2-4-14)13-7-16(9-17(22)8-13)20-6-5-15-10-19-11-21-15/h1-4,9-11,13,20H,5-8H2,(H,19,21)/t13-/m1/s1. The molecule has 1 heterocycles. The summed E-state index contributed by atoms with van der Waals surface area (Å²) >= 11 is 0. The highest BCUT2D eigenvalue weighted by Gasteiger charge is 2.22. The first-order valence-corrected chi connectivity index (χ1v) is 7.40. The molecule has 0 fully saturated rings. The number of imidazole rings is 1. The predicted molar refractivity (Wildman–Crippen MR) is 81.8 cm³/mol. The minimum Gasteiger partial charge on any atom is -0.388 e. The summed E-state index contributed by atoms with van der Waals surface area (Å²) in [5.41, 5.74) is 3.02. The number of hydrogen-bond donors (Lipinski definition) is 2. The summed E-state index contributed by atoms with van der Waals surface area (Å²) in [6.45, 7) is 0.747. The molecule has 3 rings (SSSR count). The van der Waals surface area contributed by atoms with Crippen LogP contribution in [0.15, 0.2) is 48.6 Å². The number of benzene rings is 1. The summed E-state index contributed by atoms with van der Waals surface area (Å²) in [6.07, 6.45) is 7.23. The van der Waals surface area contributed by atoms with Gasteiger partial charge in [-0.05, 0) is 30.0 Å². The molecular weight excluding hydrogens is 281 g/mol. The molecule has 5 heteroatoms. The van der Waals surface area contributed by atoms with Gasteiger partial charge in [0.15, 0.2) is 5.78 Å². The minimum atomic E-state index is -0.251. The molecule has 1 aliphatic rings. The number of aromatic amines is 1. The van der Waals surface area contributed by atoms with E-state index in [-0.39, 0.29) is 17.5 Å². The van der Waals surface area contributed by atoms with Crippen molar-refractivity contribution in [1.29, 1.82) is 0 Å². The molecule has 0 spiro atoms. The Kier molecular flexibility index (Phi) is 4.32. The van der Waals surface area contributed by atoms with Gasteiger partial charge in [0.2, 0.25) is 0 Å². The van der Waals surface area contributed by atoms with Gasteiger partial charge in [-0.1, -0.05) is 12.1 Å². The van der Waals surface area contributed by atoms with Gasteiger partial charge < -0.3 is 10.3 Å². The Morgan fingerprint density at radius 2 is 2.09 bits per heavy atom. The molecule has 0 saturated heterocycles. The van der Waals surface area contributed by atoms with Crippen molar-refractivity contribution >= 4 is 5.78 Å². The molecule has 2 aromatic rings. The summed E-state index contributed by atoms with van der Waals surface area (Å²) in [4.78, 5) is 18.9. The Morgan fingerprint density at radius 3 is 2.82 bits per heavy atom. The van der Waals surface area contributed by atoms with Crippen molar-refractivity contribution in [2.45, 2.75) is 25.2 Å². The number of halogens is 1. The van der Waals surface area contributed by atoms with E-state index in [0.717, 1.165) is 36.3 Å². The molecule has 0 saturated carbocycles. The van der Waals surface area contributed by atoms with Crippen molar-refractivity contribution in [3.8, 4) is 0 Å². The van der Waals surface area contributed by atoms with Gasteiger partial charge in [-0.2, -0.15) is 0 Å². The average molecular weight is 299 g/mol. The van der Waals surface area contributed by atoms with Gasteiger partial charge in [0, 0.05) is 43.1 Å². The molecule has 2 N–H and O–H groups in total. The lowest BCUT2D eigenvalue weighted by Gasteiger charge is -2.23. The lowest BCUT2D eigenvalue weighted by molar-refractivity contribution is -0.115. The average Bonchev–Trinajstić information content (AvgIpc) is 3.01. The van der Waals surface area contributed by atoms with Crippen molar-refractivity contribution in [1.82, 2.24) is 15.3 Å². The number of nitrogens with zero attached hydrogens (tertiary/aromatic N) is 1. The Balaban J connectivity index is 1.60. The summed E-state index contributed by atoms with van der Waals surface area (Å²) in [7, 11) is 0. The maximum absolute atomic E-state index is 13.0. The zero-order valence-electron chi connectivity index (χ0n) is 12.2. The van der Waals surface area contributed by atoms with E-state index in [2.05, 4.69) is 15.3 Å². The fraction of sp³-hybridized carbons (Fsp3) is 0.294. The van der Waals surface area contributed by atoms with E-state index in [9.17, 15) is 9.18 Å². The predicted octanol–water partition coefficient (Wildman–Crippen LogP) is 2.71. The molecule has 0 aliphatic heterocycles. The number of allylic oxidation sites excluding steroid dienone is 2. The van der Waals surface area contributed by atoms with Crippen LogP contribution in [0.3, 0.4) is 0 Å². The summed E-state index contributed by atoms with van der Waals surface area (Å²) < 4.78 is 13.0. The number of carbonyl (C=O) groups is 1. The Hall–Kier alpha value is -2.43. The van der Waals surface area contributed by atoms with Crippen molar-refractivity contribution in [2.24, 2.45) is 0 Å². The van der Waals surface area contributed by atoms with E-state index in [1.807, 2.05) is 0 Å². The van der Waals surface area contributed by atoms with Crippen LogP contribution >= 0.6 is 0 Å². The monoisotopic (exact) mass is 299 g/mol. The molecular formula is C17H18FN3O. The number of rotatable bonds is 5. The lowest BCUT2D eigenvalue weighted by Crippen LogP contribution is -2.23. The fourth-order valence-electron chi connectivity index (χ4n) is 2.77. The largest absolute Gasteiger partial charge is 0.388 e. The van der Waals surface area contributed by atoms with E-state index in [4.69, 9.17) is 0 Å². The lowest BCUT2D eigenvalue weighted by atomic mass is 9.85. The fourth-order valence-corrected chi connectivity index (χ4v) is 2.77. The van der Waals surface area contributed by atoms with E-state index in [1.165, 1.54) is 12.1 Å². The van der Waals surface area contributed by atoms with E-state index < -0.39 is 0 Å². The molecule has 4 nitrogen and oxygen atoms in total. The number of ketones is 1. The van der Waals surface area contributed by atoms with Crippen LogP contribution < -0.4 is 5.32 Å². The van der Waals surface area contributed by atoms with Crippen LogP contribution in [0.1, 0.15) is 30.0 Å². The number of aromatic nitrogens is 2. The summed E-state index contributed by atoms with van der Waals surface area (Å²) in [6, 6.07) is 6.43. The highest BCUT2D eigenvalue weighted by Crippen LogP contribution is 2.30. The second-order valence-electron chi connectivity index (χ2n) is 5.55. The highest BCUT2D eigenvalue weighted by atomic mass is 19.1. The van der Waals surface area contributed by atoms with Gasteiger partial charge in [-0.3, -0.25) is 4.79 Å². The van der Waals surface area contributed by atoms with Gasteiger partial charge in [0.25, 0.3) is 0 Å². The summed E-state index contributed by atoms with van der Waals surface area (Å²) in [5.74, 6) is -0.0169. The molecule has 114 valence electrons. The number of nitrogens with one attached hydrogen (secondary N) is 2. The van der Waals surface area contributed by atoms with Crippen LogP contribution in [0.4, 0.5) is 4.39 Å². The molecule has 0 amide bonds. The van der Waals surface area contributed by atoms with Crippen molar-refractivity contribution in [3.63, 3.8) is 0 Å². The second-order valence-corrected chi connectivity index (χ2v) is 5.55. The Morgan fingerprint density at radius 1 is 1.27 bits per heavy atom. The van der Waals surface area contributed by atoms with Crippen LogP contribution in [0, 0.1) is 5.82 Å². The van der Waals surface area contributed by atoms with Crippen LogP contribution in [0.25, 0.3) is 0 Å². The van der Waals surface area contributed by atoms with Gasteiger partial charge in [-0.25, -0.2) is 9.37 Å². The molecule has 22 heavy (non-hydrogen) atoms. The molecule has 0 radical (unpaired) electrons. The first kappa shape index (κ1) is 14.5. The quantitative estimate of drug-likeness (QED) is 0.892. The normalized spacial score (nSPS) is 18.1. The van der Waals surface area contributed by atoms with Gasteiger partial charge in [-0.15, -0.1) is 0 Å². The topological polar surface area (TPSA) is 57.8 Å². The van der Waals surface area contributed by atoms with Crippen molar-refractivity contribution in [3.05, 3.63) is 65.6 Å². The first-order valence-electron chi connectivity index (χ1n) is 7.40. The third-order valence-corrected chi connectivity index (χ3v) is 3.89. The zero-order valence-corrected chi connectivity index (χ0v) is 12.2. The molecule has 1 atom stereocenters. The molecule has 1 aromatic carbocycles. The Bertz CT molecular complexity index is 662. The van der Waals surface area contributed by atoms with E-state index >= 15 is 0 Å². The smallest absolute Gasteiger partial charge is 0.158 e. The van der Waals surface area contributed by atoms with Crippen molar-refractivity contribution < 1.29 is 9.18 Å². The molecule has 0 unspecified atom stereocenters. The number of H-pyrrole nitrogens is 1. The van der Waals surface area contributed by atoms with Crippen LogP contribution in [-0.2, 0) is 11.2 Å². The minimum absolute atomic E-state index is 0.115. The number of hydrogen-bond acceptors (Lipinski definition) is 3. The van der Waals surface area contributed by atoms with Crippen LogP contribution in [-0.4, -0.2) is 22.3 Å². The van der Waals surface area contributed by atoms with Gasteiger partial charge >= 0.3 is 0 Å². The van der Waals surface area contributed by atoms with Crippen LogP contribution in [0.5, 0.6) is 0 Å². The summed E-state index contributed by atoms with van der Waals surface area (Å²) in [5, 5.41) is 3.32. The third kappa shape index (κ3) is 3.61. The SMILES string of the molecule is O=C1C=C(NCCc2cnc[nH]2)C[C@@H](c2ccc(F)cc2)C1. The van der Waals surface area contributed by atoms with Crippen LogP contribution in [0.2, 0.25) is 0 Å².